The van der Waals surface area contributed by atoms with Crippen LogP contribution in [0.25, 0.3) is 0 Å². The van der Waals surface area contributed by atoms with E-state index in [1.807, 2.05) is 6.07 Å². The molecular weight excluding hydrogens is 154 g/mol. The normalized spacial score (nSPS) is 9.08. The van der Waals surface area contributed by atoms with Crippen molar-refractivity contribution in [3.8, 4) is 6.07 Å². The molecule has 0 spiro atoms. The number of amides is 1. The summed E-state index contributed by atoms with van der Waals surface area (Å²) < 4.78 is 1.37. The summed E-state index contributed by atoms with van der Waals surface area (Å²) >= 11 is 0. The molecule has 4 nitrogen and oxygen atoms in total. The van der Waals surface area contributed by atoms with Gasteiger partial charge in [-0.25, -0.2) is 4.79 Å². The van der Waals surface area contributed by atoms with E-state index in [4.69, 9.17) is 5.26 Å². The Hall–Kier alpha value is -1.76. The number of aromatic nitrogens is 1. The SMILES string of the molecule is CN(C)C(=O)n1ccc(C#N)c1. The summed E-state index contributed by atoms with van der Waals surface area (Å²) in [7, 11) is 3.32. The Bertz CT molecular complexity index is 332. The van der Waals surface area contributed by atoms with Crippen molar-refractivity contribution in [2.45, 2.75) is 0 Å². The zero-order valence-corrected chi connectivity index (χ0v) is 6.98. The zero-order chi connectivity index (χ0) is 9.14. The summed E-state index contributed by atoms with van der Waals surface area (Å²) in [6.07, 6.45) is 3.07. The number of hydrogen-bond donors (Lipinski definition) is 0. The highest BCUT2D eigenvalue weighted by Gasteiger charge is 2.05. The second-order valence-corrected chi connectivity index (χ2v) is 2.60. The molecule has 1 amide bonds. The maximum atomic E-state index is 11.3. The summed E-state index contributed by atoms with van der Waals surface area (Å²) in [5, 5.41) is 8.48. The molecule has 0 radical (unpaired) electrons. The molecule has 1 rings (SSSR count). The van der Waals surface area contributed by atoms with Gasteiger partial charge in [0.2, 0.25) is 0 Å². The molecule has 1 aromatic heterocycles. The highest BCUT2D eigenvalue weighted by atomic mass is 16.2. The van der Waals surface area contributed by atoms with Gasteiger partial charge in [-0.05, 0) is 6.07 Å². The van der Waals surface area contributed by atoms with Crippen molar-refractivity contribution in [2.24, 2.45) is 0 Å². The van der Waals surface area contributed by atoms with Gasteiger partial charge in [-0.3, -0.25) is 4.57 Å². The van der Waals surface area contributed by atoms with Crippen molar-refractivity contribution in [3.63, 3.8) is 0 Å². The highest BCUT2D eigenvalue weighted by molar-refractivity contribution is 5.76. The van der Waals surface area contributed by atoms with Gasteiger partial charge in [0.1, 0.15) is 6.07 Å². The molecule has 0 fully saturated rings. The van der Waals surface area contributed by atoms with Crippen LogP contribution in [0, 0.1) is 11.3 Å². The Morgan fingerprint density at radius 2 is 2.33 bits per heavy atom. The van der Waals surface area contributed by atoms with Crippen LogP contribution >= 0.6 is 0 Å². The molecule has 0 aliphatic heterocycles. The summed E-state index contributed by atoms with van der Waals surface area (Å²) in [5.74, 6) is 0. The van der Waals surface area contributed by atoms with Crippen LogP contribution in [-0.2, 0) is 0 Å². The number of carbonyl (C=O) groups excluding carboxylic acids is 1. The van der Waals surface area contributed by atoms with Crippen LogP contribution in [0.1, 0.15) is 5.56 Å². The number of nitriles is 1. The number of carbonyl (C=O) groups is 1. The van der Waals surface area contributed by atoms with E-state index < -0.39 is 0 Å². The fraction of sp³-hybridized carbons (Fsp3) is 0.250. The fourth-order valence-corrected chi connectivity index (χ4v) is 0.813. The minimum absolute atomic E-state index is 0.156. The number of hydrogen-bond acceptors (Lipinski definition) is 2. The van der Waals surface area contributed by atoms with E-state index in [-0.39, 0.29) is 6.03 Å². The lowest BCUT2D eigenvalue weighted by Crippen LogP contribution is -2.25. The van der Waals surface area contributed by atoms with E-state index in [0.29, 0.717) is 5.56 Å². The molecule has 62 valence electrons. The monoisotopic (exact) mass is 163 g/mol. The first-order valence-corrected chi connectivity index (χ1v) is 3.45. The van der Waals surface area contributed by atoms with Crippen LogP contribution in [0.3, 0.4) is 0 Å². The molecule has 0 aliphatic rings. The van der Waals surface area contributed by atoms with E-state index in [1.54, 1.807) is 26.4 Å². The number of rotatable bonds is 0. The van der Waals surface area contributed by atoms with Gasteiger partial charge in [0, 0.05) is 26.5 Å². The lowest BCUT2D eigenvalue weighted by atomic mass is 10.4. The molecule has 0 atom stereocenters. The van der Waals surface area contributed by atoms with Crippen LogP contribution in [-0.4, -0.2) is 29.6 Å². The van der Waals surface area contributed by atoms with Gasteiger partial charge in [-0.1, -0.05) is 0 Å². The van der Waals surface area contributed by atoms with Crippen molar-refractivity contribution >= 4 is 6.03 Å². The van der Waals surface area contributed by atoms with Gasteiger partial charge >= 0.3 is 6.03 Å². The summed E-state index contributed by atoms with van der Waals surface area (Å²) in [6, 6.07) is 3.39. The van der Waals surface area contributed by atoms with E-state index in [0.717, 1.165) is 0 Å². The van der Waals surface area contributed by atoms with Gasteiger partial charge in [0.05, 0.1) is 5.56 Å². The molecule has 1 heterocycles. The van der Waals surface area contributed by atoms with Gasteiger partial charge in [-0.2, -0.15) is 5.26 Å². The molecule has 4 heteroatoms. The fourth-order valence-electron chi connectivity index (χ4n) is 0.813. The first-order valence-electron chi connectivity index (χ1n) is 3.45. The Kier molecular flexibility index (Phi) is 2.15. The van der Waals surface area contributed by atoms with Crippen LogP contribution in [0.2, 0.25) is 0 Å². The van der Waals surface area contributed by atoms with Crippen molar-refractivity contribution in [2.75, 3.05) is 14.1 Å². The molecule has 12 heavy (non-hydrogen) atoms. The lowest BCUT2D eigenvalue weighted by molar-refractivity contribution is 0.219. The van der Waals surface area contributed by atoms with Gasteiger partial charge in [-0.15, -0.1) is 0 Å². The molecule has 0 unspecified atom stereocenters. The minimum atomic E-state index is -0.156. The topological polar surface area (TPSA) is 49.0 Å². The van der Waals surface area contributed by atoms with Gasteiger partial charge < -0.3 is 4.90 Å². The van der Waals surface area contributed by atoms with Crippen LogP contribution < -0.4 is 0 Å². The minimum Gasteiger partial charge on any atom is -0.330 e. The molecule has 0 saturated carbocycles. The second kappa shape index (κ2) is 3.09. The largest absolute Gasteiger partial charge is 0.330 e. The predicted octanol–water partition coefficient (Wildman–Crippen LogP) is 0.889. The van der Waals surface area contributed by atoms with Gasteiger partial charge in [0.15, 0.2) is 0 Å². The van der Waals surface area contributed by atoms with E-state index in [2.05, 4.69) is 0 Å². The third-order valence-corrected chi connectivity index (χ3v) is 1.43. The summed E-state index contributed by atoms with van der Waals surface area (Å²) in [4.78, 5) is 12.7. The first-order chi connectivity index (χ1) is 5.65. The number of nitrogens with zero attached hydrogens (tertiary/aromatic N) is 3. The Labute approximate surface area is 70.6 Å². The smallest absolute Gasteiger partial charge is 0.327 e. The Morgan fingerprint density at radius 1 is 1.67 bits per heavy atom. The molecule has 0 aromatic carbocycles. The zero-order valence-electron chi connectivity index (χ0n) is 6.98. The van der Waals surface area contributed by atoms with E-state index >= 15 is 0 Å². The highest BCUT2D eigenvalue weighted by Crippen LogP contribution is 1.99. The molecular formula is C8H9N3O. The standard InChI is InChI=1S/C8H9N3O/c1-10(2)8(12)11-4-3-7(5-9)6-11/h3-4,6H,1-2H3. The molecule has 0 N–H and O–H groups in total. The van der Waals surface area contributed by atoms with Crippen molar-refractivity contribution in [1.82, 2.24) is 9.47 Å². The maximum Gasteiger partial charge on any atom is 0.327 e. The van der Waals surface area contributed by atoms with Crippen LogP contribution in [0.15, 0.2) is 18.5 Å². The summed E-state index contributed by atoms with van der Waals surface area (Å²) in [6.45, 7) is 0. The summed E-state index contributed by atoms with van der Waals surface area (Å²) in [5.41, 5.74) is 0.491. The lowest BCUT2D eigenvalue weighted by Gasteiger charge is -2.09. The maximum absolute atomic E-state index is 11.3. The molecule has 0 bridgehead atoms. The quantitative estimate of drug-likeness (QED) is 0.570. The Balaban J connectivity index is 2.91. The first kappa shape index (κ1) is 8.34. The molecule has 0 aliphatic carbocycles. The second-order valence-electron chi connectivity index (χ2n) is 2.60. The third-order valence-electron chi connectivity index (χ3n) is 1.43. The average molecular weight is 163 g/mol. The third kappa shape index (κ3) is 1.45. The molecule has 0 saturated heterocycles. The van der Waals surface area contributed by atoms with Crippen LogP contribution in [0.5, 0.6) is 0 Å². The molecule has 1 aromatic rings. The average Bonchev–Trinajstić information content (AvgIpc) is 2.50. The van der Waals surface area contributed by atoms with Gasteiger partial charge in [0.25, 0.3) is 0 Å². The van der Waals surface area contributed by atoms with Crippen LogP contribution in [0.4, 0.5) is 4.79 Å². The van der Waals surface area contributed by atoms with Crippen molar-refractivity contribution in [1.29, 1.82) is 5.26 Å². The van der Waals surface area contributed by atoms with E-state index in [9.17, 15) is 4.79 Å². The predicted molar refractivity (Wildman–Crippen MR) is 43.6 cm³/mol. The Morgan fingerprint density at radius 3 is 2.75 bits per heavy atom. The van der Waals surface area contributed by atoms with E-state index in [1.165, 1.54) is 15.7 Å². The van der Waals surface area contributed by atoms with Crippen molar-refractivity contribution in [3.05, 3.63) is 24.0 Å². The van der Waals surface area contributed by atoms with Crippen molar-refractivity contribution < 1.29 is 4.79 Å².